The third-order valence-corrected chi connectivity index (χ3v) is 5.99. The van der Waals surface area contributed by atoms with Crippen LogP contribution in [0.25, 0.3) is 17.4 Å². The van der Waals surface area contributed by atoms with Gasteiger partial charge in [-0.3, -0.25) is 9.69 Å². The number of benzene rings is 1. The maximum atomic E-state index is 12.6. The summed E-state index contributed by atoms with van der Waals surface area (Å²) in [6, 6.07) is 12.4. The Kier molecular flexibility index (Phi) is 5.14. The fraction of sp³-hybridized carbons (Fsp3) is 0.0526. The Bertz CT molecular complexity index is 1060. The van der Waals surface area contributed by atoms with E-state index >= 15 is 0 Å². The number of carbonyl (C=O) groups is 1. The van der Waals surface area contributed by atoms with Gasteiger partial charge in [0.2, 0.25) is 0 Å². The number of thiocarbonyl (C=S) groups is 1. The molecule has 1 amide bonds. The Labute approximate surface area is 174 Å². The molecule has 1 saturated heterocycles. The maximum absolute atomic E-state index is 12.6. The highest BCUT2D eigenvalue weighted by Gasteiger charge is 2.32. The highest BCUT2D eigenvalue weighted by molar-refractivity contribution is 8.26. The first-order valence-corrected chi connectivity index (χ1v) is 9.82. The lowest BCUT2D eigenvalue weighted by Crippen LogP contribution is -2.27. The van der Waals surface area contributed by atoms with Gasteiger partial charge >= 0.3 is 0 Å². The first kappa shape index (κ1) is 18.4. The number of thioether (sulfide) groups is 1. The topological polar surface area (TPSA) is 46.6 Å². The van der Waals surface area contributed by atoms with Crippen LogP contribution in [0.1, 0.15) is 11.5 Å². The fourth-order valence-corrected chi connectivity index (χ4v) is 4.09. The average Bonchev–Trinajstić information content (AvgIpc) is 3.37. The Hall–Kier alpha value is -1.99. The van der Waals surface area contributed by atoms with Crippen LogP contribution in [0.2, 0.25) is 10.0 Å². The minimum atomic E-state index is -0.172. The van der Waals surface area contributed by atoms with Crippen molar-refractivity contribution in [2.75, 3.05) is 0 Å². The van der Waals surface area contributed by atoms with Gasteiger partial charge in [0.15, 0.2) is 0 Å². The number of hydrogen-bond donors (Lipinski definition) is 0. The Morgan fingerprint density at radius 3 is 2.74 bits per heavy atom. The number of halogens is 2. The van der Waals surface area contributed by atoms with Gasteiger partial charge < -0.3 is 8.83 Å². The van der Waals surface area contributed by atoms with E-state index in [4.69, 9.17) is 44.3 Å². The molecule has 2 aromatic heterocycles. The van der Waals surface area contributed by atoms with Crippen molar-refractivity contribution in [3.63, 3.8) is 0 Å². The molecule has 1 aliphatic rings. The van der Waals surface area contributed by atoms with Gasteiger partial charge in [-0.2, -0.15) is 0 Å². The molecule has 0 aliphatic carbocycles. The van der Waals surface area contributed by atoms with Crippen LogP contribution in [0.3, 0.4) is 0 Å². The van der Waals surface area contributed by atoms with Crippen molar-refractivity contribution in [1.29, 1.82) is 0 Å². The SMILES string of the molecule is O=C1/C(=C/c2ccc(-c3ccc(Cl)c(Cl)c3)o2)SC(=S)N1Cc1ccco1. The van der Waals surface area contributed by atoms with Crippen molar-refractivity contribution in [3.8, 4) is 11.3 Å². The molecule has 1 aliphatic heterocycles. The molecular weight excluding hydrogens is 425 g/mol. The summed E-state index contributed by atoms with van der Waals surface area (Å²) in [6.45, 7) is 0.307. The van der Waals surface area contributed by atoms with Gasteiger partial charge in [-0.05, 0) is 42.5 Å². The second kappa shape index (κ2) is 7.56. The van der Waals surface area contributed by atoms with E-state index in [9.17, 15) is 4.79 Å². The number of carbonyl (C=O) groups excluding carboxylic acids is 1. The number of hydrogen-bond acceptors (Lipinski definition) is 5. The van der Waals surface area contributed by atoms with Crippen molar-refractivity contribution in [3.05, 3.63) is 75.2 Å². The molecule has 0 saturated carbocycles. The van der Waals surface area contributed by atoms with Crippen molar-refractivity contribution in [2.24, 2.45) is 0 Å². The number of furan rings is 2. The second-order valence-corrected chi connectivity index (χ2v) is 8.17. The molecular formula is C19H11Cl2NO3S2. The van der Waals surface area contributed by atoms with Crippen molar-refractivity contribution in [1.82, 2.24) is 4.90 Å². The van der Waals surface area contributed by atoms with Gasteiger partial charge in [0.05, 0.1) is 27.8 Å². The standard InChI is InChI=1S/C19H11Cl2NO3S2/c20-14-5-3-11(8-15(14)21)16-6-4-12(25-16)9-17-18(23)22(19(26)27-17)10-13-2-1-7-24-13/h1-9H,10H2/b17-9-. The van der Waals surface area contributed by atoms with E-state index in [-0.39, 0.29) is 5.91 Å². The van der Waals surface area contributed by atoms with Gasteiger partial charge in [0, 0.05) is 11.6 Å². The predicted molar refractivity (Wildman–Crippen MR) is 112 cm³/mol. The first-order valence-electron chi connectivity index (χ1n) is 7.84. The molecule has 1 aromatic carbocycles. The van der Waals surface area contributed by atoms with Crippen LogP contribution in [-0.2, 0) is 11.3 Å². The lowest BCUT2D eigenvalue weighted by molar-refractivity contribution is -0.122. The second-order valence-electron chi connectivity index (χ2n) is 5.68. The largest absolute Gasteiger partial charge is 0.467 e. The van der Waals surface area contributed by atoms with E-state index in [1.807, 2.05) is 12.1 Å². The van der Waals surface area contributed by atoms with E-state index < -0.39 is 0 Å². The molecule has 136 valence electrons. The molecule has 3 aromatic rings. The Morgan fingerprint density at radius 2 is 2.00 bits per heavy atom. The summed E-state index contributed by atoms with van der Waals surface area (Å²) >= 11 is 18.6. The van der Waals surface area contributed by atoms with Crippen LogP contribution in [0, 0.1) is 0 Å². The van der Waals surface area contributed by atoms with E-state index in [0.29, 0.717) is 43.1 Å². The number of rotatable bonds is 4. The molecule has 0 N–H and O–H groups in total. The minimum Gasteiger partial charge on any atom is -0.467 e. The Balaban J connectivity index is 1.55. The molecule has 1 fully saturated rings. The van der Waals surface area contributed by atoms with Gasteiger partial charge in [-0.1, -0.05) is 47.2 Å². The number of amides is 1. The van der Waals surface area contributed by atoms with E-state index in [1.165, 1.54) is 16.7 Å². The molecule has 4 nitrogen and oxygen atoms in total. The van der Waals surface area contributed by atoms with Gasteiger partial charge in [0.25, 0.3) is 5.91 Å². The zero-order valence-corrected chi connectivity index (χ0v) is 16.8. The highest BCUT2D eigenvalue weighted by Crippen LogP contribution is 2.35. The molecule has 0 atom stereocenters. The van der Waals surface area contributed by atoms with Gasteiger partial charge in [-0.25, -0.2) is 0 Å². The highest BCUT2D eigenvalue weighted by atomic mass is 35.5. The molecule has 3 heterocycles. The van der Waals surface area contributed by atoms with Crippen LogP contribution in [0.15, 0.2) is 62.5 Å². The third kappa shape index (κ3) is 3.84. The van der Waals surface area contributed by atoms with Gasteiger partial charge in [0.1, 0.15) is 21.6 Å². The smallest absolute Gasteiger partial charge is 0.266 e. The fourth-order valence-electron chi connectivity index (χ4n) is 2.56. The van der Waals surface area contributed by atoms with Crippen LogP contribution in [0.5, 0.6) is 0 Å². The lowest BCUT2D eigenvalue weighted by Gasteiger charge is -2.11. The summed E-state index contributed by atoms with van der Waals surface area (Å²) in [5.74, 6) is 1.68. The molecule has 8 heteroatoms. The van der Waals surface area contributed by atoms with Crippen molar-refractivity contribution < 1.29 is 13.6 Å². The summed E-state index contributed by atoms with van der Waals surface area (Å²) in [4.78, 5) is 14.6. The van der Waals surface area contributed by atoms with E-state index in [0.717, 1.165) is 5.56 Å². The molecule has 4 rings (SSSR count). The normalized spacial score (nSPS) is 15.9. The zero-order valence-electron chi connectivity index (χ0n) is 13.6. The van der Waals surface area contributed by atoms with E-state index in [1.54, 1.807) is 42.7 Å². The van der Waals surface area contributed by atoms with Crippen molar-refractivity contribution >= 4 is 63.5 Å². The van der Waals surface area contributed by atoms with Crippen LogP contribution < -0.4 is 0 Å². The van der Waals surface area contributed by atoms with Crippen molar-refractivity contribution in [2.45, 2.75) is 6.54 Å². The summed E-state index contributed by atoms with van der Waals surface area (Å²) in [6.07, 6.45) is 3.25. The third-order valence-electron chi connectivity index (χ3n) is 3.87. The monoisotopic (exact) mass is 435 g/mol. The molecule has 0 spiro atoms. The molecule has 0 bridgehead atoms. The summed E-state index contributed by atoms with van der Waals surface area (Å²) < 4.78 is 11.6. The predicted octanol–water partition coefficient (Wildman–Crippen LogP) is 6.25. The number of nitrogens with zero attached hydrogens (tertiary/aromatic N) is 1. The minimum absolute atomic E-state index is 0.172. The Morgan fingerprint density at radius 1 is 1.15 bits per heavy atom. The van der Waals surface area contributed by atoms with Gasteiger partial charge in [-0.15, -0.1) is 0 Å². The quantitative estimate of drug-likeness (QED) is 0.358. The zero-order chi connectivity index (χ0) is 19.0. The maximum Gasteiger partial charge on any atom is 0.266 e. The molecule has 0 radical (unpaired) electrons. The summed E-state index contributed by atoms with van der Waals surface area (Å²) in [5.41, 5.74) is 0.800. The molecule has 0 unspecified atom stereocenters. The summed E-state index contributed by atoms with van der Waals surface area (Å²) in [5, 5.41) is 0.929. The molecule has 27 heavy (non-hydrogen) atoms. The van der Waals surface area contributed by atoms with Crippen LogP contribution >= 0.6 is 47.2 Å². The first-order chi connectivity index (χ1) is 13.0. The van der Waals surface area contributed by atoms with Crippen LogP contribution in [0.4, 0.5) is 0 Å². The van der Waals surface area contributed by atoms with E-state index in [2.05, 4.69) is 0 Å². The summed E-state index contributed by atoms with van der Waals surface area (Å²) in [7, 11) is 0. The van der Waals surface area contributed by atoms with Crippen LogP contribution in [-0.4, -0.2) is 15.1 Å². The average molecular weight is 436 g/mol. The lowest BCUT2D eigenvalue weighted by atomic mass is 10.2.